The van der Waals surface area contributed by atoms with Gasteiger partial charge in [-0.05, 0) is 42.0 Å². The van der Waals surface area contributed by atoms with E-state index in [1.54, 1.807) is 12.1 Å². The Hall–Kier alpha value is -1.59. The number of hydrogen-bond donors (Lipinski definition) is 3. The van der Waals surface area contributed by atoms with Gasteiger partial charge < -0.3 is 16.4 Å². The molecule has 5 nitrogen and oxygen atoms in total. The van der Waals surface area contributed by atoms with Gasteiger partial charge in [0.25, 0.3) is 5.91 Å². The van der Waals surface area contributed by atoms with Crippen molar-refractivity contribution in [1.82, 2.24) is 10.6 Å². The van der Waals surface area contributed by atoms with Crippen LogP contribution in [-0.2, 0) is 10.2 Å². The van der Waals surface area contributed by atoms with Crippen LogP contribution in [0, 0.1) is 5.92 Å². The van der Waals surface area contributed by atoms with Crippen LogP contribution in [0.15, 0.2) is 24.3 Å². The molecule has 0 bridgehead atoms. The molecule has 1 rings (SSSR count). The number of carbonyl (C=O) groups excluding carboxylic acids is 2. The number of nitrogens with two attached hydrogens (primary N) is 1. The lowest BCUT2D eigenvalue weighted by Gasteiger charge is -2.22. The van der Waals surface area contributed by atoms with Crippen molar-refractivity contribution < 1.29 is 9.59 Å². The summed E-state index contributed by atoms with van der Waals surface area (Å²) in [6.45, 7) is 11.3. The van der Waals surface area contributed by atoms with Crippen LogP contribution < -0.4 is 16.4 Å². The van der Waals surface area contributed by atoms with Gasteiger partial charge in [0.15, 0.2) is 0 Å². The molecule has 1 atom stereocenters. The van der Waals surface area contributed by atoms with Gasteiger partial charge in [-0.25, -0.2) is 0 Å². The van der Waals surface area contributed by atoms with Crippen molar-refractivity contribution in [3.05, 3.63) is 35.4 Å². The van der Waals surface area contributed by atoms with Crippen molar-refractivity contribution in [3.63, 3.8) is 0 Å². The Labute approximate surface area is 157 Å². The van der Waals surface area contributed by atoms with Crippen LogP contribution in [-0.4, -0.2) is 30.9 Å². The second-order valence-electron chi connectivity index (χ2n) is 7.46. The fraction of sp³-hybridized carbons (Fsp3) is 0.579. The summed E-state index contributed by atoms with van der Waals surface area (Å²) in [7, 11) is 0. The van der Waals surface area contributed by atoms with Crippen LogP contribution >= 0.6 is 12.4 Å². The Bertz CT molecular complexity index is 551. The third-order valence-corrected chi connectivity index (χ3v) is 3.93. The van der Waals surface area contributed by atoms with E-state index < -0.39 is 6.04 Å². The highest BCUT2D eigenvalue weighted by molar-refractivity contribution is 5.97. The van der Waals surface area contributed by atoms with Gasteiger partial charge in [-0.3, -0.25) is 9.59 Å². The maximum absolute atomic E-state index is 12.4. The van der Waals surface area contributed by atoms with Crippen LogP contribution in [0.4, 0.5) is 0 Å². The minimum Gasteiger partial charge on any atom is -0.354 e. The van der Waals surface area contributed by atoms with Gasteiger partial charge in [0.1, 0.15) is 6.04 Å². The van der Waals surface area contributed by atoms with Crippen LogP contribution in [0.3, 0.4) is 0 Å². The molecule has 0 radical (unpaired) electrons. The lowest BCUT2D eigenvalue weighted by Crippen LogP contribution is -2.50. The summed E-state index contributed by atoms with van der Waals surface area (Å²) >= 11 is 0. The fourth-order valence-electron chi connectivity index (χ4n) is 2.30. The topological polar surface area (TPSA) is 84.2 Å². The van der Waals surface area contributed by atoms with Crippen molar-refractivity contribution >= 4 is 24.2 Å². The van der Waals surface area contributed by atoms with Crippen molar-refractivity contribution in [3.8, 4) is 0 Å². The third-order valence-electron chi connectivity index (χ3n) is 3.93. The molecule has 0 saturated heterocycles. The number of rotatable bonds is 7. The van der Waals surface area contributed by atoms with E-state index in [1.807, 2.05) is 26.0 Å². The molecule has 1 aromatic carbocycles. The van der Waals surface area contributed by atoms with Gasteiger partial charge in [-0.2, -0.15) is 0 Å². The molecule has 0 aliphatic rings. The van der Waals surface area contributed by atoms with E-state index in [4.69, 9.17) is 5.73 Å². The Balaban J connectivity index is 0.00000576. The smallest absolute Gasteiger partial charge is 0.251 e. The summed E-state index contributed by atoms with van der Waals surface area (Å²) in [6, 6.07) is 6.97. The molecule has 142 valence electrons. The normalized spacial score (nSPS) is 12.3. The zero-order chi connectivity index (χ0) is 18.3. The first-order chi connectivity index (χ1) is 11.2. The molecule has 0 aliphatic carbocycles. The van der Waals surface area contributed by atoms with Gasteiger partial charge in [0, 0.05) is 12.1 Å². The SMILES string of the molecule is CC(C)C(NC(=O)c1ccc(C(C)(C)C)cc1)C(=O)NCCCN.Cl. The summed E-state index contributed by atoms with van der Waals surface area (Å²) in [5, 5.41) is 5.65. The molecule has 2 amide bonds. The predicted octanol–water partition coefficient (Wildman–Crippen LogP) is 2.63. The highest BCUT2D eigenvalue weighted by atomic mass is 35.5. The van der Waals surface area contributed by atoms with E-state index in [0.29, 0.717) is 18.7 Å². The molecule has 0 spiro atoms. The zero-order valence-corrected chi connectivity index (χ0v) is 16.7. The lowest BCUT2D eigenvalue weighted by molar-refractivity contribution is -0.123. The quantitative estimate of drug-likeness (QED) is 0.646. The van der Waals surface area contributed by atoms with Gasteiger partial charge in [-0.15, -0.1) is 12.4 Å². The van der Waals surface area contributed by atoms with E-state index in [0.717, 1.165) is 6.42 Å². The first kappa shape index (κ1) is 23.4. The van der Waals surface area contributed by atoms with Gasteiger partial charge in [0.2, 0.25) is 5.91 Å². The predicted molar refractivity (Wildman–Crippen MR) is 105 cm³/mol. The average molecular weight is 370 g/mol. The Morgan fingerprint density at radius 2 is 1.68 bits per heavy atom. The highest BCUT2D eigenvalue weighted by Crippen LogP contribution is 2.22. The lowest BCUT2D eigenvalue weighted by atomic mass is 9.86. The van der Waals surface area contributed by atoms with E-state index >= 15 is 0 Å². The van der Waals surface area contributed by atoms with Gasteiger partial charge in [0.05, 0.1) is 0 Å². The van der Waals surface area contributed by atoms with Gasteiger partial charge in [-0.1, -0.05) is 46.8 Å². The monoisotopic (exact) mass is 369 g/mol. The number of nitrogens with one attached hydrogen (secondary N) is 2. The maximum Gasteiger partial charge on any atom is 0.251 e. The van der Waals surface area contributed by atoms with Crippen LogP contribution in [0.25, 0.3) is 0 Å². The van der Waals surface area contributed by atoms with E-state index in [2.05, 4.69) is 31.4 Å². The van der Waals surface area contributed by atoms with Crippen molar-refractivity contribution in [2.75, 3.05) is 13.1 Å². The largest absolute Gasteiger partial charge is 0.354 e. The molecule has 1 aromatic rings. The summed E-state index contributed by atoms with van der Waals surface area (Å²) in [4.78, 5) is 24.7. The Morgan fingerprint density at radius 3 is 2.12 bits per heavy atom. The minimum absolute atomic E-state index is 0. The minimum atomic E-state index is -0.558. The molecule has 0 saturated carbocycles. The van der Waals surface area contributed by atoms with Crippen molar-refractivity contribution in [1.29, 1.82) is 0 Å². The van der Waals surface area contributed by atoms with Crippen LogP contribution in [0.2, 0.25) is 0 Å². The fourth-order valence-corrected chi connectivity index (χ4v) is 2.30. The molecule has 0 aromatic heterocycles. The molecular formula is C19H32ClN3O2. The summed E-state index contributed by atoms with van der Waals surface area (Å²) in [5.74, 6) is -0.401. The first-order valence-corrected chi connectivity index (χ1v) is 8.56. The molecule has 0 fully saturated rings. The Kier molecular flexibility index (Phi) is 9.75. The number of carbonyl (C=O) groups is 2. The van der Waals surface area contributed by atoms with Crippen molar-refractivity contribution in [2.45, 2.75) is 52.5 Å². The molecule has 0 aliphatic heterocycles. The standard InChI is InChI=1S/C19H31N3O2.ClH/c1-13(2)16(18(24)21-12-6-11-20)22-17(23)14-7-9-15(10-8-14)19(3,4)5;/h7-10,13,16H,6,11-12,20H2,1-5H3,(H,21,24)(H,22,23);1H. The molecule has 6 heteroatoms. The highest BCUT2D eigenvalue weighted by Gasteiger charge is 2.24. The molecule has 1 unspecified atom stereocenters. The molecule has 4 N–H and O–H groups in total. The third kappa shape index (κ3) is 7.45. The number of hydrogen-bond acceptors (Lipinski definition) is 3. The summed E-state index contributed by atoms with van der Waals surface area (Å²) in [6.07, 6.45) is 0.721. The molecular weight excluding hydrogens is 338 g/mol. The summed E-state index contributed by atoms with van der Waals surface area (Å²) in [5.41, 5.74) is 7.19. The maximum atomic E-state index is 12.4. The number of amides is 2. The first-order valence-electron chi connectivity index (χ1n) is 8.56. The summed E-state index contributed by atoms with van der Waals surface area (Å²) < 4.78 is 0. The van der Waals surface area contributed by atoms with E-state index in [9.17, 15) is 9.59 Å². The second kappa shape index (κ2) is 10.4. The van der Waals surface area contributed by atoms with Crippen LogP contribution in [0.1, 0.15) is 57.0 Å². The van der Waals surface area contributed by atoms with E-state index in [1.165, 1.54) is 5.56 Å². The Morgan fingerprint density at radius 1 is 1.12 bits per heavy atom. The van der Waals surface area contributed by atoms with E-state index in [-0.39, 0.29) is 35.6 Å². The zero-order valence-electron chi connectivity index (χ0n) is 15.9. The van der Waals surface area contributed by atoms with Crippen LogP contribution in [0.5, 0.6) is 0 Å². The number of benzene rings is 1. The molecule has 0 heterocycles. The number of halogens is 1. The van der Waals surface area contributed by atoms with Gasteiger partial charge >= 0.3 is 0 Å². The molecule has 25 heavy (non-hydrogen) atoms. The second-order valence-corrected chi connectivity index (χ2v) is 7.46. The average Bonchev–Trinajstić information content (AvgIpc) is 2.51. The van der Waals surface area contributed by atoms with Crippen molar-refractivity contribution in [2.24, 2.45) is 11.7 Å².